The maximum absolute atomic E-state index is 11.4. The minimum absolute atomic E-state index is 0.270. The van der Waals surface area contributed by atoms with Crippen molar-refractivity contribution in [2.75, 3.05) is 5.32 Å². The standard InChI is InChI=1S/C11H12N4O/c16-11(14-8-9-4-3-7-12-9)15-10-5-1-2-6-13-10/h1-7,12H,8H2,(H2,13,14,15,16). The molecule has 0 aliphatic rings. The van der Waals surface area contributed by atoms with Crippen LogP contribution in [-0.4, -0.2) is 16.0 Å². The first-order valence-electron chi connectivity index (χ1n) is 4.93. The molecule has 5 nitrogen and oxygen atoms in total. The van der Waals surface area contributed by atoms with Gasteiger partial charge in [0.15, 0.2) is 0 Å². The molecule has 3 N–H and O–H groups in total. The zero-order chi connectivity index (χ0) is 11.2. The number of aromatic amines is 1. The summed E-state index contributed by atoms with van der Waals surface area (Å²) in [5.41, 5.74) is 0.955. The quantitative estimate of drug-likeness (QED) is 0.731. The number of rotatable bonds is 3. The van der Waals surface area contributed by atoms with Crippen molar-refractivity contribution in [1.82, 2.24) is 15.3 Å². The molecule has 0 aromatic carbocycles. The van der Waals surface area contributed by atoms with Crippen molar-refractivity contribution < 1.29 is 4.79 Å². The average molecular weight is 216 g/mol. The lowest BCUT2D eigenvalue weighted by molar-refractivity contribution is 0.251. The van der Waals surface area contributed by atoms with Crippen LogP contribution in [-0.2, 0) is 6.54 Å². The second kappa shape index (κ2) is 4.97. The normalized spacial score (nSPS) is 9.75. The molecule has 2 aromatic rings. The Hall–Kier alpha value is -2.30. The van der Waals surface area contributed by atoms with E-state index in [0.717, 1.165) is 5.69 Å². The van der Waals surface area contributed by atoms with Gasteiger partial charge >= 0.3 is 6.03 Å². The van der Waals surface area contributed by atoms with Gasteiger partial charge < -0.3 is 10.3 Å². The molecule has 0 aliphatic heterocycles. The Bertz CT molecular complexity index is 438. The zero-order valence-electron chi connectivity index (χ0n) is 8.60. The molecule has 82 valence electrons. The van der Waals surface area contributed by atoms with Crippen molar-refractivity contribution in [3.05, 3.63) is 48.4 Å². The summed E-state index contributed by atoms with van der Waals surface area (Å²) in [5, 5.41) is 5.34. The highest BCUT2D eigenvalue weighted by molar-refractivity contribution is 5.87. The zero-order valence-corrected chi connectivity index (χ0v) is 8.60. The number of urea groups is 1. The lowest BCUT2D eigenvalue weighted by Crippen LogP contribution is -2.28. The molecule has 2 amide bonds. The third-order valence-electron chi connectivity index (χ3n) is 2.01. The highest BCUT2D eigenvalue weighted by Gasteiger charge is 2.01. The maximum atomic E-state index is 11.4. The van der Waals surface area contributed by atoms with Gasteiger partial charge in [-0.2, -0.15) is 0 Å². The minimum Gasteiger partial charge on any atom is -0.364 e. The average Bonchev–Trinajstić information content (AvgIpc) is 2.81. The Labute approximate surface area is 92.9 Å². The summed E-state index contributed by atoms with van der Waals surface area (Å²) in [6.07, 6.45) is 3.44. The molecule has 2 rings (SSSR count). The Morgan fingerprint density at radius 1 is 1.31 bits per heavy atom. The van der Waals surface area contributed by atoms with Crippen LogP contribution in [0.4, 0.5) is 10.6 Å². The van der Waals surface area contributed by atoms with Gasteiger partial charge in [0.1, 0.15) is 5.82 Å². The fourth-order valence-electron chi connectivity index (χ4n) is 1.25. The summed E-state index contributed by atoms with van der Waals surface area (Å²) < 4.78 is 0. The number of amides is 2. The van der Waals surface area contributed by atoms with Crippen LogP contribution in [0.2, 0.25) is 0 Å². The monoisotopic (exact) mass is 216 g/mol. The van der Waals surface area contributed by atoms with E-state index in [2.05, 4.69) is 20.6 Å². The van der Waals surface area contributed by atoms with Crippen molar-refractivity contribution in [2.24, 2.45) is 0 Å². The number of hydrogen-bond acceptors (Lipinski definition) is 2. The van der Waals surface area contributed by atoms with Gasteiger partial charge in [0, 0.05) is 18.1 Å². The molecule has 0 fully saturated rings. The topological polar surface area (TPSA) is 69.8 Å². The number of aromatic nitrogens is 2. The van der Waals surface area contributed by atoms with E-state index < -0.39 is 0 Å². The number of hydrogen-bond donors (Lipinski definition) is 3. The van der Waals surface area contributed by atoms with Gasteiger partial charge in [-0.25, -0.2) is 9.78 Å². The number of pyridine rings is 1. The number of H-pyrrole nitrogens is 1. The van der Waals surface area contributed by atoms with E-state index >= 15 is 0 Å². The number of nitrogens with zero attached hydrogens (tertiary/aromatic N) is 1. The first-order valence-corrected chi connectivity index (χ1v) is 4.93. The van der Waals surface area contributed by atoms with Crippen LogP contribution in [0.5, 0.6) is 0 Å². The van der Waals surface area contributed by atoms with Crippen LogP contribution in [0.15, 0.2) is 42.7 Å². The van der Waals surface area contributed by atoms with Gasteiger partial charge in [0.2, 0.25) is 0 Å². The summed E-state index contributed by atoms with van der Waals surface area (Å²) in [7, 11) is 0. The van der Waals surface area contributed by atoms with E-state index in [0.29, 0.717) is 12.4 Å². The number of carbonyl (C=O) groups excluding carboxylic acids is 1. The predicted molar refractivity (Wildman–Crippen MR) is 60.9 cm³/mol. The van der Waals surface area contributed by atoms with Gasteiger partial charge in [-0.3, -0.25) is 5.32 Å². The molecule has 0 bridgehead atoms. The molecule has 0 atom stereocenters. The molecule has 0 saturated heterocycles. The SMILES string of the molecule is O=C(NCc1ccc[nH]1)Nc1ccccn1. The fraction of sp³-hybridized carbons (Fsp3) is 0.0909. The smallest absolute Gasteiger partial charge is 0.320 e. The highest BCUT2D eigenvalue weighted by atomic mass is 16.2. The Morgan fingerprint density at radius 2 is 2.25 bits per heavy atom. The fourth-order valence-corrected chi connectivity index (χ4v) is 1.25. The van der Waals surface area contributed by atoms with E-state index in [4.69, 9.17) is 0 Å². The minimum atomic E-state index is -0.270. The summed E-state index contributed by atoms with van der Waals surface area (Å²) in [4.78, 5) is 18.4. The molecule has 0 saturated carbocycles. The Balaban J connectivity index is 1.81. The first kappa shape index (κ1) is 10.2. The number of carbonyl (C=O) groups is 1. The molecule has 0 aliphatic carbocycles. The van der Waals surface area contributed by atoms with Crippen LogP contribution >= 0.6 is 0 Å². The summed E-state index contributed by atoms with van der Waals surface area (Å²) in [6, 6.07) is 8.85. The van der Waals surface area contributed by atoms with Crippen LogP contribution in [0.3, 0.4) is 0 Å². The second-order valence-corrected chi connectivity index (χ2v) is 3.22. The van der Waals surface area contributed by atoms with E-state index in [9.17, 15) is 4.79 Å². The van der Waals surface area contributed by atoms with E-state index in [-0.39, 0.29) is 6.03 Å². The molecule has 5 heteroatoms. The third kappa shape index (κ3) is 2.84. The lowest BCUT2D eigenvalue weighted by atomic mass is 10.4. The first-order chi connectivity index (χ1) is 7.84. The third-order valence-corrected chi connectivity index (χ3v) is 2.01. The predicted octanol–water partition coefficient (Wildman–Crippen LogP) is 1.73. The molecule has 0 radical (unpaired) electrons. The van der Waals surface area contributed by atoms with Gasteiger partial charge in [0.25, 0.3) is 0 Å². The van der Waals surface area contributed by atoms with Crippen molar-refractivity contribution in [2.45, 2.75) is 6.54 Å². The molecular weight excluding hydrogens is 204 g/mol. The van der Waals surface area contributed by atoms with Crippen LogP contribution in [0.1, 0.15) is 5.69 Å². The van der Waals surface area contributed by atoms with Gasteiger partial charge in [-0.1, -0.05) is 6.07 Å². The van der Waals surface area contributed by atoms with Crippen LogP contribution in [0.25, 0.3) is 0 Å². The Morgan fingerprint density at radius 3 is 2.94 bits per heavy atom. The number of anilines is 1. The van der Waals surface area contributed by atoms with E-state index in [1.54, 1.807) is 18.3 Å². The molecule has 0 unspecified atom stereocenters. The summed E-state index contributed by atoms with van der Waals surface area (Å²) in [6.45, 7) is 0.464. The largest absolute Gasteiger partial charge is 0.364 e. The Kier molecular flexibility index (Phi) is 3.18. The van der Waals surface area contributed by atoms with Crippen LogP contribution in [0, 0.1) is 0 Å². The molecule has 2 aromatic heterocycles. The lowest BCUT2D eigenvalue weighted by Gasteiger charge is -2.05. The molecule has 0 spiro atoms. The van der Waals surface area contributed by atoms with E-state index in [1.807, 2.05) is 24.4 Å². The second-order valence-electron chi connectivity index (χ2n) is 3.22. The van der Waals surface area contributed by atoms with Crippen molar-refractivity contribution in [3.8, 4) is 0 Å². The molecule has 2 heterocycles. The molecule has 16 heavy (non-hydrogen) atoms. The maximum Gasteiger partial charge on any atom is 0.320 e. The summed E-state index contributed by atoms with van der Waals surface area (Å²) in [5.74, 6) is 0.534. The number of nitrogens with one attached hydrogen (secondary N) is 3. The van der Waals surface area contributed by atoms with Gasteiger partial charge in [0.05, 0.1) is 6.54 Å². The van der Waals surface area contributed by atoms with Crippen molar-refractivity contribution >= 4 is 11.8 Å². The highest BCUT2D eigenvalue weighted by Crippen LogP contribution is 1.99. The van der Waals surface area contributed by atoms with Crippen molar-refractivity contribution in [1.29, 1.82) is 0 Å². The van der Waals surface area contributed by atoms with Gasteiger partial charge in [-0.15, -0.1) is 0 Å². The summed E-state index contributed by atoms with van der Waals surface area (Å²) >= 11 is 0. The molecular formula is C11H12N4O. The van der Waals surface area contributed by atoms with Crippen molar-refractivity contribution in [3.63, 3.8) is 0 Å². The van der Waals surface area contributed by atoms with E-state index in [1.165, 1.54) is 0 Å². The van der Waals surface area contributed by atoms with Gasteiger partial charge in [-0.05, 0) is 24.3 Å². The van der Waals surface area contributed by atoms with Crippen LogP contribution < -0.4 is 10.6 Å².